The number of hydrogen-bond donors (Lipinski definition) is 3. The molecule has 9 nitrogen and oxygen atoms in total. The van der Waals surface area contributed by atoms with E-state index < -0.39 is 59.4 Å². The van der Waals surface area contributed by atoms with Gasteiger partial charge in [-0.1, -0.05) is 13.8 Å². The fraction of sp³-hybridized carbons (Fsp3) is 0.792. The minimum absolute atomic E-state index is 0.0164. The third-order valence-corrected chi connectivity index (χ3v) is 8.25. The number of alkyl halides is 3. The number of nitrogens with zero attached hydrogens (tertiary/aromatic N) is 2. The first-order chi connectivity index (χ1) is 16.6. The third kappa shape index (κ3) is 4.89. The molecule has 2 saturated carbocycles. The molecule has 4 rings (SSSR count). The van der Waals surface area contributed by atoms with Crippen molar-refractivity contribution >= 4 is 23.6 Å². The van der Waals surface area contributed by atoms with Crippen LogP contribution < -0.4 is 16.0 Å². The second-order valence-corrected chi connectivity index (χ2v) is 11.9. The summed E-state index contributed by atoms with van der Waals surface area (Å²) < 4.78 is 38.6. The summed E-state index contributed by atoms with van der Waals surface area (Å²) in [6.07, 6.45) is -3.49. The van der Waals surface area contributed by atoms with Gasteiger partial charge in [0.1, 0.15) is 18.1 Å². The van der Waals surface area contributed by atoms with Crippen LogP contribution in [-0.4, -0.2) is 64.9 Å². The quantitative estimate of drug-likeness (QED) is 0.473. The summed E-state index contributed by atoms with van der Waals surface area (Å²) in [5, 5.41) is 17.0. The van der Waals surface area contributed by atoms with Crippen LogP contribution in [0.4, 0.5) is 13.2 Å². The summed E-state index contributed by atoms with van der Waals surface area (Å²) in [5.74, 6) is -4.73. The van der Waals surface area contributed by atoms with Gasteiger partial charge in [-0.15, -0.1) is 0 Å². The van der Waals surface area contributed by atoms with Gasteiger partial charge in [0.2, 0.25) is 17.7 Å². The Kier molecular flexibility index (Phi) is 6.29. The summed E-state index contributed by atoms with van der Waals surface area (Å²) in [6.45, 7) is 7.85. The number of nitrogens with one attached hydrogen (secondary N) is 3. The van der Waals surface area contributed by atoms with Crippen molar-refractivity contribution in [2.24, 2.45) is 29.1 Å². The minimum Gasteiger partial charge on any atom is -0.351 e. The summed E-state index contributed by atoms with van der Waals surface area (Å²) >= 11 is 0. The first-order valence-electron chi connectivity index (χ1n) is 12.3. The number of hydrogen-bond acceptors (Lipinski definition) is 5. The number of piperidine rings is 1. The van der Waals surface area contributed by atoms with Crippen LogP contribution in [0.2, 0.25) is 0 Å². The first-order valence-corrected chi connectivity index (χ1v) is 12.3. The number of fused-ring (bicyclic) bond motifs is 1. The molecule has 2 heterocycles. The second-order valence-electron chi connectivity index (χ2n) is 11.9. The molecule has 2 saturated heterocycles. The number of amides is 4. The maximum absolute atomic E-state index is 13.4. The molecule has 4 fully saturated rings. The summed E-state index contributed by atoms with van der Waals surface area (Å²) in [5.41, 5.74) is -0.662. The molecule has 4 amide bonds. The lowest BCUT2D eigenvalue weighted by atomic mass is 9.91. The third-order valence-electron chi connectivity index (χ3n) is 8.25. The lowest BCUT2D eigenvalue weighted by Crippen LogP contribution is -2.58. The molecule has 36 heavy (non-hydrogen) atoms. The monoisotopic (exact) mass is 511 g/mol. The molecule has 0 aromatic heterocycles. The Morgan fingerprint density at radius 2 is 1.83 bits per heavy atom. The van der Waals surface area contributed by atoms with Crippen molar-refractivity contribution in [1.82, 2.24) is 20.9 Å². The molecule has 12 heteroatoms. The highest BCUT2D eigenvalue weighted by Gasteiger charge is 2.70. The largest absolute Gasteiger partial charge is 0.471 e. The number of carbonyl (C=O) groups is 4. The molecule has 0 spiro atoms. The maximum Gasteiger partial charge on any atom is 0.471 e. The van der Waals surface area contributed by atoms with Crippen LogP contribution in [0.25, 0.3) is 0 Å². The van der Waals surface area contributed by atoms with E-state index in [0.29, 0.717) is 19.3 Å². The average molecular weight is 512 g/mol. The molecule has 6 unspecified atom stereocenters. The number of carbonyl (C=O) groups excluding carboxylic acids is 4. The van der Waals surface area contributed by atoms with E-state index >= 15 is 0 Å². The van der Waals surface area contributed by atoms with Crippen molar-refractivity contribution in [1.29, 1.82) is 5.26 Å². The second kappa shape index (κ2) is 8.63. The van der Waals surface area contributed by atoms with Gasteiger partial charge < -0.3 is 20.9 Å². The van der Waals surface area contributed by atoms with E-state index in [1.54, 1.807) is 0 Å². The molecule has 6 atom stereocenters. The van der Waals surface area contributed by atoms with Crippen molar-refractivity contribution in [3.63, 3.8) is 0 Å². The van der Waals surface area contributed by atoms with Crippen molar-refractivity contribution in [2.45, 2.75) is 83.2 Å². The number of halogens is 3. The summed E-state index contributed by atoms with van der Waals surface area (Å²) in [4.78, 5) is 51.9. The van der Waals surface area contributed by atoms with Gasteiger partial charge in [0, 0.05) is 18.0 Å². The fourth-order valence-corrected chi connectivity index (χ4v) is 6.10. The molecule has 0 aromatic rings. The Hall–Kier alpha value is -2.84. The Bertz CT molecular complexity index is 1020. The lowest BCUT2D eigenvalue weighted by molar-refractivity contribution is -0.175. The standard InChI is InChI=1S/C24H32F3N5O4/c1-22(2)8-12(18(33)31-22)7-13(9-28)29-19(34)17-15-14(23(15,3)4)10-32(17)20(35)16(11-5-6-11)30-21(36)24(25,26)27/h11-17H,5-8,10H2,1-4H3,(H,29,34)(H,30,36)(H,31,33). The van der Waals surface area contributed by atoms with Gasteiger partial charge >= 0.3 is 12.1 Å². The zero-order valence-electron chi connectivity index (χ0n) is 20.7. The van der Waals surface area contributed by atoms with Crippen molar-refractivity contribution in [2.75, 3.05) is 6.54 Å². The van der Waals surface area contributed by atoms with Gasteiger partial charge in [-0.25, -0.2) is 0 Å². The van der Waals surface area contributed by atoms with Gasteiger partial charge in [-0.3, -0.25) is 19.2 Å². The Morgan fingerprint density at radius 1 is 1.19 bits per heavy atom. The van der Waals surface area contributed by atoms with Crippen LogP contribution in [0.3, 0.4) is 0 Å². The van der Waals surface area contributed by atoms with E-state index in [4.69, 9.17) is 0 Å². The highest BCUT2D eigenvalue weighted by Crippen LogP contribution is 2.65. The predicted octanol–water partition coefficient (Wildman–Crippen LogP) is 1.24. The SMILES string of the molecule is CC1(C)CC(CC(C#N)NC(=O)C2C3C(CN2C(=O)C(NC(=O)C(F)(F)F)C2CC2)C3(C)C)C(=O)N1. The van der Waals surface area contributed by atoms with Crippen LogP contribution in [0, 0.1) is 40.4 Å². The molecule has 4 aliphatic rings. The lowest BCUT2D eigenvalue weighted by Gasteiger charge is -2.33. The Balaban J connectivity index is 1.48. The van der Waals surface area contributed by atoms with E-state index in [2.05, 4.69) is 10.6 Å². The smallest absolute Gasteiger partial charge is 0.351 e. The molecule has 0 aromatic carbocycles. The Morgan fingerprint density at radius 3 is 2.33 bits per heavy atom. The molecule has 198 valence electrons. The zero-order chi connectivity index (χ0) is 26.8. The first kappa shape index (κ1) is 26.2. The van der Waals surface area contributed by atoms with Gasteiger partial charge in [-0.05, 0) is 62.7 Å². The van der Waals surface area contributed by atoms with Gasteiger partial charge in [0.25, 0.3) is 0 Å². The summed E-state index contributed by atoms with van der Waals surface area (Å²) in [7, 11) is 0. The van der Waals surface area contributed by atoms with Crippen LogP contribution >= 0.6 is 0 Å². The minimum atomic E-state index is -5.12. The van der Waals surface area contributed by atoms with E-state index in [-0.39, 0.29) is 36.1 Å². The highest BCUT2D eigenvalue weighted by atomic mass is 19.4. The number of rotatable bonds is 7. The van der Waals surface area contributed by atoms with Crippen molar-refractivity contribution in [3.05, 3.63) is 0 Å². The molecular weight excluding hydrogens is 479 g/mol. The van der Waals surface area contributed by atoms with E-state index in [0.717, 1.165) is 0 Å². The van der Waals surface area contributed by atoms with Crippen molar-refractivity contribution < 1.29 is 32.3 Å². The molecule has 0 bridgehead atoms. The van der Waals surface area contributed by atoms with E-state index in [1.807, 2.05) is 39.1 Å². The fourth-order valence-electron chi connectivity index (χ4n) is 6.10. The zero-order valence-corrected chi connectivity index (χ0v) is 20.7. The average Bonchev–Trinajstić information content (AvgIpc) is 3.59. The van der Waals surface area contributed by atoms with Gasteiger partial charge in [-0.2, -0.15) is 18.4 Å². The van der Waals surface area contributed by atoms with Crippen LogP contribution in [0.15, 0.2) is 0 Å². The molecule has 0 radical (unpaired) electrons. The number of nitriles is 1. The van der Waals surface area contributed by atoms with Crippen LogP contribution in [-0.2, 0) is 19.2 Å². The molecular formula is C24H32F3N5O4. The highest BCUT2D eigenvalue weighted by molar-refractivity contribution is 5.95. The normalized spacial score (nSPS) is 31.5. The topological polar surface area (TPSA) is 131 Å². The molecule has 3 N–H and O–H groups in total. The Labute approximate surface area is 207 Å². The maximum atomic E-state index is 13.4. The summed E-state index contributed by atoms with van der Waals surface area (Å²) in [6, 6.07) is -1.27. The predicted molar refractivity (Wildman–Crippen MR) is 119 cm³/mol. The van der Waals surface area contributed by atoms with Crippen molar-refractivity contribution in [3.8, 4) is 6.07 Å². The van der Waals surface area contributed by atoms with E-state index in [9.17, 15) is 37.6 Å². The van der Waals surface area contributed by atoms with Gasteiger partial charge in [0.15, 0.2) is 0 Å². The van der Waals surface area contributed by atoms with Crippen LogP contribution in [0.5, 0.6) is 0 Å². The molecule has 2 aliphatic heterocycles. The van der Waals surface area contributed by atoms with Gasteiger partial charge in [0.05, 0.1) is 6.07 Å². The van der Waals surface area contributed by atoms with Crippen LogP contribution in [0.1, 0.15) is 53.4 Å². The van der Waals surface area contributed by atoms with E-state index in [1.165, 1.54) is 4.90 Å². The molecule has 2 aliphatic carbocycles. The number of likely N-dealkylation sites (tertiary alicyclic amines) is 1.